The number of aryl methyl sites for hydroxylation is 1. The van der Waals surface area contributed by atoms with Crippen molar-refractivity contribution in [3.8, 4) is 0 Å². The number of hydrogen-bond donors (Lipinski definition) is 1. The molecular weight excluding hydrogens is 408 g/mol. The van der Waals surface area contributed by atoms with E-state index in [1.54, 1.807) is 6.92 Å². The predicted molar refractivity (Wildman–Crippen MR) is 96.8 cm³/mol. The molecule has 0 aliphatic carbocycles. The quantitative estimate of drug-likeness (QED) is 0.530. The summed E-state index contributed by atoms with van der Waals surface area (Å²) < 4.78 is 17.3. The van der Waals surface area contributed by atoms with E-state index >= 15 is 0 Å². The molecular formula is C17H19ClN4O7. The Morgan fingerprint density at radius 2 is 1.97 bits per heavy atom. The normalized spacial score (nSPS) is 26.5. The van der Waals surface area contributed by atoms with E-state index in [-0.39, 0.29) is 22.9 Å². The van der Waals surface area contributed by atoms with E-state index in [1.165, 1.54) is 17.8 Å². The van der Waals surface area contributed by atoms with Crippen LogP contribution in [0.15, 0.2) is 6.33 Å². The lowest BCUT2D eigenvalue weighted by molar-refractivity contribution is -0.170. The average Bonchev–Trinajstić information content (AvgIpc) is 3.13. The van der Waals surface area contributed by atoms with Gasteiger partial charge < -0.3 is 19.3 Å². The van der Waals surface area contributed by atoms with Crippen LogP contribution in [0.3, 0.4) is 0 Å². The van der Waals surface area contributed by atoms with Crippen molar-refractivity contribution in [2.45, 2.75) is 51.7 Å². The molecule has 1 aliphatic rings. The summed E-state index contributed by atoms with van der Waals surface area (Å²) in [5.74, 6) is -1.74. The maximum atomic E-state index is 12.5. The maximum Gasteiger partial charge on any atom is 0.303 e. The number of carbonyl (C=O) groups excluding carboxylic acids is 3. The first-order valence-electron chi connectivity index (χ1n) is 8.61. The van der Waals surface area contributed by atoms with Crippen LogP contribution in [0, 0.1) is 6.92 Å². The second-order valence-electron chi connectivity index (χ2n) is 6.63. The molecule has 4 atom stereocenters. The van der Waals surface area contributed by atoms with Crippen LogP contribution in [-0.4, -0.2) is 66.8 Å². The van der Waals surface area contributed by atoms with Gasteiger partial charge in [0.1, 0.15) is 24.1 Å². The van der Waals surface area contributed by atoms with E-state index in [0.29, 0.717) is 5.82 Å². The van der Waals surface area contributed by atoms with Crippen LogP contribution in [0.1, 0.15) is 32.8 Å². The molecule has 0 amide bonds. The molecule has 1 saturated heterocycles. The van der Waals surface area contributed by atoms with E-state index in [9.17, 15) is 19.5 Å². The van der Waals surface area contributed by atoms with Crippen molar-refractivity contribution in [2.75, 3.05) is 6.61 Å². The number of ether oxygens (including phenoxy) is 3. The molecule has 3 heterocycles. The number of rotatable bonds is 5. The lowest BCUT2D eigenvalue weighted by atomic mass is 9.89. The summed E-state index contributed by atoms with van der Waals surface area (Å²) in [4.78, 5) is 47.7. The highest BCUT2D eigenvalue weighted by atomic mass is 35.5. The Bertz CT molecular complexity index is 994. The molecule has 11 nitrogen and oxygen atoms in total. The van der Waals surface area contributed by atoms with Gasteiger partial charge in [-0.25, -0.2) is 15.0 Å². The molecule has 0 unspecified atom stereocenters. The van der Waals surface area contributed by atoms with Crippen LogP contribution < -0.4 is 0 Å². The summed E-state index contributed by atoms with van der Waals surface area (Å²) in [6.07, 6.45) is -2.64. The summed E-state index contributed by atoms with van der Waals surface area (Å²) in [6.45, 7) is 4.71. The molecule has 1 fully saturated rings. The summed E-state index contributed by atoms with van der Waals surface area (Å²) >= 11 is 6.10. The lowest BCUT2D eigenvalue weighted by Crippen LogP contribution is -2.54. The monoisotopic (exact) mass is 426 g/mol. The van der Waals surface area contributed by atoms with E-state index in [4.69, 9.17) is 25.8 Å². The maximum absolute atomic E-state index is 12.5. The van der Waals surface area contributed by atoms with Crippen molar-refractivity contribution in [1.29, 1.82) is 0 Å². The number of aromatic nitrogens is 4. The molecule has 0 radical (unpaired) electrons. The Morgan fingerprint density at radius 3 is 2.55 bits per heavy atom. The van der Waals surface area contributed by atoms with Gasteiger partial charge in [-0.3, -0.25) is 19.0 Å². The zero-order valence-corrected chi connectivity index (χ0v) is 16.8. The van der Waals surface area contributed by atoms with Crippen LogP contribution in [0.25, 0.3) is 11.2 Å². The van der Waals surface area contributed by atoms with Gasteiger partial charge >= 0.3 is 11.9 Å². The van der Waals surface area contributed by atoms with Gasteiger partial charge in [0.25, 0.3) is 0 Å². The van der Waals surface area contributed by atoms with Crippen molar-refractivity contribution in [3.05, 3.63) is 17.3 Å². The Balaban J connectivity index is 2.13. The third-order valence-corrected chi connectivity index (χ3v) is 4.77. The molecule has 29 heavy (non-hydrogen) atoms. The smallest absolute Gasteiger partial charge is 0.303 e. The topological polar surface area (TPSA) is 143 Å². The highest BCUT2D eigenvalue weighted by molar-refractivity contribution is 6.33. The first-order valence-corrected chi connectivity index (χ1v) is 8.99. The van der Waals surface area contributed by atoms with Crippen molar-refractivity contribution in [3.63, 3.8) is 0 Å². The Kier molecular flexibility index (Phi) is 5.57. The first kappa shape index (κ1) is 21.1. The molecule has 0 aromatic carbocycles. The largest absolute Gasteiger partial charge is 0.463 e. The van der Waals surface area contributed by atoms with Gasteiger partial charge in [-0.1, -0.05) is 11.6 Å². The molecule has 3 rings (SSSR count). The van der Waals surface area contributed by atoms with Crippen molar-refractivity contribution in [1.82, 2.24) is 19.5 Å². The van der Waals surface area contributed by atoms with Crippen molar-refractivity contribution in [2.24, 2.45) is 0 Å². The third-order valence-electron chi connectivity index (χ3n) is 4.50. The number of esters is 2. The Hall–Kier alpha value is -2.63. The number of nitrogens with zero attached hydrogens (tertiary/aromatic N) is 4. The summed E-state index contributed by atoms with van der Waals surface area (Å²) in [6, 6.07) is 0. The van der Waals surface area contributed by atoms with Gasteiger partial charge in [0.2, 0.25) is 5.60 Å². The number of halogens is 1. The number of Topliss-reactive ketones (excluding diaryl/α,β-unsaturated/α-hetero) is 1. The van der Waals surface area contributed by atoms with Gasteiger partial charge in [-0.2, -0.15) is 0 Å². The zero-order valence-electron chi connectivity index (χ0n) is 16.1. The first-order chi connectivity index (χ1) is 13.6. The van der Waals surface area contributed by atoms with Crippen LogP contribution in [0.5, 0.6) is 0 Å². The minimum atomic E-state index is -2.30. The molecule has 1 N–H and O–H groups in total. The van der Waals surface area contributed by atoms with E-state index < -0.39 is 41.8 Å². The molecule has 0 bridgehead atoms. The number of ketones is 1. The fraction of sp³-hybridized carbons (Fsp3) is 0.529. The fourth-order valence-electron chi connectivity index (χ4n) is 3.24. The SMILES string of the molecule is CC(=O)OC[C@H]1O[C@@H](n2cnc3c(Cl)nc(C)nc32)[C@@](O)(C(C)=O)[C@@H]1OC(C)=O. The highest BCUT2D eigenvalue weighted by Gasteiger charge is 2.62. The van der Waals surface area contributed by atoms with E-state index in [0.717, 1.165) is 13.8 Å². The molecule has 156 valence electrons. The number of fused-ring (bicyclic) bond motifs is 1. The van der Waals surface area contributed by atoms with Crippen LogP contribution in [-0.2, 0) is 28.6 Å². The third kappa shape index (κ3) is 3.68. The van der Waals surface area contributed by atoms with Crippen LogP contribution in [0.2, 0.25) is 5.15 Å². The molecule has 0 saturated carbocycles. The van der Waals surface area contributed by atoms with Gasteiger partial charge in [0.15, 0.2) is 28.9 Å². The molecule has 0 spiro atoms. The number of carbonyl (C=O) groups is 3. The molecule has 2 aromatic rings. The molecule has 12 heteroatoms. The van der Waals surface area contributed by atoms with Crippen molar-refractivity contribution >= 4 is 40.5 Å². The van der Waals surface area contributed by atoms with Gasteiger partial charge in [0.05, 0.1) is 6.33 Å². The Morgan fingerprint density at radius 1 is 1.28 bits per heavy atom. The standard InChI is InChI=1S/C17H19ClN4O7/c1-7(23)17(26)13(28-10(4)25)11(5-27-9(3)24)29-16(17)22-6-19-12-14(18)20-8(2)21-15(12)22/h6,11,13,16,26H,5H2,1-4H3/t11-,13-,16-,17-/m1/s1. The Labute approximate surface area is 169 Å². The minimum absolute atomic E-state index is 0.0867. The summed E-state index contributed by atoms with van der Waals surface area (Å²) in [5.41, 5.74) is -1.85. The number of hydrogen-bond acceptors (Lipinski definition) is 10. The second kappa shape index (κ2) is 7.65. The minimum Gasteiger partial charge on any atom is -0.463 e. The fourth-order valence-corrected chi connectivity index (χ4v) is 3.50. The zero-order chi connectivity index (χ0) is 21.5. The second-order valence-corrected chi connectivity index (χ2v) is 6.98. The summed E-state index contributed by atoms with van der Waals surface area (Å²) in [5, 5.41) is 11.4. The number of imidazole rings is 1. The molecule has 1 aliphatic heterocycles. The van der Waals surface area contributed by atoms with Crippen LogP contribution >= 0.6 is 11.6 Å². The predicted octanol–water partition coefficient (Wildman–Crippen LogP) is 0.500. The lowest BCUT2D eigenvalue weighted by Gasteiger charge is -2.31. The highest BCUT2D eigenvalue weighted by Crippen LogP contribution is 2.42. The van der Waals surface area contributed by atoms with Crippen LogP contribution in [0.4, 0.5) is 0 Å². The molecule has 2 aromatic heterocycles. The summed E-state index contributed by atoms with van der Waals surface area (Å²) in [7, 11) is 0. The van der Waals surface area contributed by atoms with Gasteiger partial charge in [-0.15, -0.1) is 0 Å². The van der Waals surface area contributed by atoms with Gasteiger partial charge in [0, 0.05) is 13.8 Å². The van der Waals surface area contributed by atoms with Gasteiger partial charge in [-0.05, 0) is 13.8 Å². The number of aliphatic hydroxyl groups is 1. The average molecular weight is 427 g/mol. The van der Waals surface area contributed by atoms with Crippen molar-refractivity contribution < 1.29 is 33.7 Å². The van der Waals surface area contributed by atoms with E-state index in [1.807, 2.05) is 0 Å². The van der Waals surface area contributed by atoms with E-state index in [2.05, 4.69) is 15.0 Å².